The highest BCUT2D eigenvalue weighted by atomic mass is 31.2. The summed E-state index contributed by atoms with van der Waals surface area (Å²) >= 11 is 0. The molecule has 0 N–H and O–H groups in total. The summed E-state index contributed by atoms with van der Waals surface area (Å²) < 4.78 is 1.37. The van der Waals surface area contributed by atoms with Crippen LogP contribution < -0.4 is 9.79 Å². The minimum atomic E-state index is -2.33. The summed E-state index contributed by atoms with van der Waals surface area (Å²) in [5, 5.41) is 0. The van der Waals surface area contributed by atoms with Crippen molar-refractivity contribution in [3.63, 3.8) is 0 Å². The van der Waals surface area contributed by atoms with Gasteiger partial charge < -0.3 is 14.5 Å². The molecular weight excluding hydrogens is 125 g/mol. The van der Waals surface area contributed by atoms with E-state index in [1.807, 2.05) is 13.8 Å². The lowest BCUT2D eigenvalue weighted by atomic mass is 10.7. The fourth-order valence-electron chi connectivity index (χ4n) is 0.455. The SMILES string of the molecule is CCN(CC)P([O-])[O-]. The first-order chi connectivity index (χ1) is 3.72. The summed E-state index contributed by atoms with van der Waals surface area (Å²) in [6.07, 6.45) is 0. The molecule has 0 aliphatic rings. The molecule has 4 heteroatoms. The first kappa shape index (κ1) is 8.31. The molecule has 0 radical (unpaired) electrons. The van der Waals surface area contributed by atoms with Crippen LogP contribution in [0.1, 0.15) is 13.8 Å². The van der Waals surface area contributed by atoms with Crippen molar-refractivity contribution in [2.45, 2.75) is 13.8 Å². The predicted octanol–water partition coefficient (Wildman–Crippen LogP) is -0.724. The quantitative estimate of drug-likeness (QED) is 0.479. The molecular formula is C4H10NO2P-2. The first-order valence-corrected chi connectivity index (χ1v) is 3.74. The molecule has 0 bridgehead atoms. The van der Waals surface area contributed by atoms with Crippen LogP contribution in [0.15, 0.2) is 0 Å². The fourth-order valence-corrected chi connectivity index (χ4v) is 0.916. The number of hydrogen-bond donors (Lipinski definition) is 0. The molecule has 0 rings (SSSR count). The van der Waals surface area contributed by atoms with Crippen molar-refractivity contribution in [1.82, 2.24) is 4.67 Å². The zero-order valence-corrected chi connectivity index (χ0v) is 6.02. The summed E-state index contributed by atoms with van der Waals surface area (Å²) in [6.45, 7) is 4.79. The van der Waals surface area contributed by atoms with Gasteiger partial charge in [-0.2, -0.15) is 0 Å². The highest BCUT2D eigenvalue weighted by Gasteiger charge is 1.88. The lowest BCUT2D eigenvalue weighted by Crippen LogP contribution is -2.28. The van der Waals surface area contributed by atoms with E-state index in [0.717, 1.165) is 0 Å². The van der Waals surface area contributed by atoms with Crippen LogP contribution in [0.25, 0.3) is 0 Å². The van der Waals surface area contributed by atoms with Gasteiger partial charge in [-0.05, 0) is 13.1 Å². The van der Waals surface area contributed by atoms with Crippen molar-refractivity contribution >= 4 is 8.53 Å². The van der Waals surface area contributed by atoms with E-state index in [2.05, 4.69) is 0 Å². The van der Waals surface area contributed by atoms with Gasteiger partial charge in [0.2, 0.25) is 0 Å². The Morgan fingerprint density at radius 3 is 1.62 bits per heavy atom. The third-order valence-electron chi connectivity index (χ3n) is 0.961. The van der Waals surface area contributed by atoms with E-state index in [1.165, 1.54) is 4.67 Å². The van der Waals surface area contributed by atoms with Crippen LogP contribution in [0.2, 0.25) is 0 Å². The van der Waals surface area contributed by atoms with Crippen molar-refractivity contribution in [2.75, 3.05) is 13.1 Å². The van der Waals surface area contributed by atoms with Gasteiger partial charge in [0.15, 0.2) is 0 Å². The van der Waals surface area contributed by atoms with Gasteiger partial charge in [0.25, 0.3) is 0 Å². The van der Waals surface area contributed by atoms with Gasteiger partial charge in [-0.25, -0.2) is 8.53 Å². The van der Waals surface area contributed by atoms with E-state index in [0.29, 0.717) is 13.1 Å². The fraction of sp³-hybridized carbons (Fsp3) is 1.00. The standard InChI is InChI=1S/C4H10NO2P/c1-3-5(4-2)8(6)7/h3-4H2,1-2H3/q-2. The van der Waals surface area contributed by atoms with Crippen LogP contribution in [0.3, 0.4) is 0 Å². The maximum absolute atomic E-state index is 10.1. The molecule has 0 unspecified atom stereocenters. The molecule has 0 spiro atoms. The van der Waals surface area contributed by atoms with Crippen LogP contribution in [-0.4, -0.2) is 17.8 Å². The topological polar surface area (TPSA) is 49.4 Å². The molecule has 0 amide bonds. The Balaban J connectivity index is 3.35. The second-order valence-corrected chi connectivity index (χ2v) is 2.42. The second kappa shape index (κ2) is 4.21. The number of nitrogens with zero attached hydrogens (tertiary/aromatic N) is 1. The second-order valence-electron chi connectivity index (χ2n) is 1.38. The molecule has 0 fully saturated rings. The maximum Gasteiger partial charge on any atom is -0.00335 e. The van der Waals surface area contributed by atoms with E-state index < -0.39 is 8.53 Å². The predicted molar refractivity (Wildman–Crippen MR) is 29.8 cm³/mol. The molecule has 0 aromatic rings. The third-order valence-corrected chi connectivity index (χ3v) is 1.99. The Kier molecular flexibility index (Phi) is 4.38. The van der Waals surface area contributed by atoms with Gasteiger partial charge in [-0.3, -0.25) is 0 Å². The van der Waals surface area contributed by atoms with E-state index >= 15 is 0 Å². The van der Waals surface area contributed by atoms with Crippen molar-refractivity contribution in [3.05, 3.63) is 0 Å². The summed E-state index contributed by atoms with van der Waals surface area (Å²) in [5.41, 5.74) is 0. The van der Waals surface area contributed by atoms with Crippen LogP contribution >= 0.6 is 8.53 Å². The average Bonchev–Trinajstić information content (AvgIpc) is 1.69. The lowest BCUT2D eigenvalue weighted by Gasteiger charge is -2.41. The summed E-state index contributed by atoms with van der Waals surface area (Å²) in [5.74, 6) is 0. The number of hydrogen-bond acceptors (Lipinski definition) is 3. The highest BCUT2D eigenvalue weighted by Crippen LogP contribution is 2.17. The Morgan fingerprint density at radius 1 is 1.25 bits per heavy atom. The smallest absolute Gasteiger partial charge is 0.00335 e. The van der Waals surface area contributed by atoms with Gasteiger partial charge >= 0.3 is 0 Å². The lowest BCUT2D eigenvalue weighted by molar-refractivity contribution is -0.306. The molecule has 8 heavy (non-hydrogen) atoms. The number of rotatable bonds is 3. The molecule has 0 saturated carbocycles. The Morgan fingerprint density at radius 2 is 1.62 bits per heavy atom. The van der Waals surface area contributed by atoms with Crippen LogP contribution in [-0.2, 0) is 0 Å². The van der Waals surface area contributed by atoms with Gasteiger partial charge in [0, 0.05) is 0 Å². The molecule has 0 aliphatic heterocycles. The van der Waals surface area contributed by atoms with Crippen molar-refractivity contribution in [3.8, 4) is 0 Å². The molecule has 0 atom stereocenters. The van der Waals surface area contributed by atoms with Crippen molar-refractivity contribution in [1.29, 1.82) is 0 Å². The minimum absolute atomic E-state index is 0.579. The van der Waals surface area contributed by atoms with E-state index in [9.17, 15) is 9.79 Å². The van der Waals surface area contributed by atoms with Crippen LogP contribution in [0.5, 0.6) is 0 Å². The monoisotopic (exact) mass is 135 g/mol. The summed E-state index contributed by atoms with van der Waals surface area (Å²) in [7, 11) is -2.33. The molecule has 0 aromatic carbocycles. The molecule has 0 aliphatic carbocycles. The third kappa shape index (κ3) is 2.58. The normalized spacial score (nSPS) is 11.2. The first-order valence-electron chi connectivity index (χ1n) is 2.61. The summed E-state index contributed by atoms with van der Waals surface area (Å²) in [6, 6.07) is 0. The van der Waals surface area contributed by atoms with Gasteiger partial charge in [0.05, 0.1) is 0 Å². The zero-order chi connectivity index (χ0) is 6.57. The molecule has 3 nitrogen and oxygen atoms in total. The van der Waals surface area contributed by atoms with Crippen LogP contribution in [0.4, 0.5) is 0 Å². The molecule has 0 heterocycles. The zero-order valence-electron chi connectivity index (χ0n) is 5.13. The Labute approximate surface area is 50.9 Å². The molecule has 50 valence electrons. The maximum atomic E-state index is 10.1. The Hall–Kier alpha value is 0.310. The van der Waals surface area contributed by atoms with Crippen LogP contribution in [0, 0.1) is 0 Å². The Bertz CT molecular complexity index is 56.0. The highest BCUT2D eigenvalue weighted by molar-refractivity contribution is 7.39. The minimum Gasteiger partial charge on any atom is -0.830 e. The van der Waals surface area contributed by atoms with E-state index in [4.69, 9.17) is 0 Å². The van der Waals surface area contributed by atoms with Crippen molar-refractivity contribution in [2.24, 2.45) is 0 Å². The molecule has 0 saturated heterocycles. The van der Waals surface area contributed by atoms with E-state index in [1.54, 1.807) is 0 Å². The largest absolute Gasteiger partial charge is 0.830 e. The van der Waals surface area contributed by atoms with E-state index in [-0.39, 0.29) is 0 Å². The molecule has 0 aromatic heterocycles. The van der Waals surface area contributed by atoms with Gasteiger partial charge in [0.1, 0.15) is 0 Å². The van der Waals surface area contributed by atoms with Gasteiger partial charge in [-0.1, -0.05) is 13.8 Å². The average molecular weight is 135 g/mol. The van der Waals surface area contributed by atoms with Gasteiger partial charge in [-0.15, -0.1) is 0 Å². The van der Waals surface area contributed by atoms with Crippen molar-refractivity contribution < 1.29 is 9.79 Å². The summed E-state index contributed by atoms with van der Waals surface area (Å²) in [4.78, 5) is 20.2.